The maximum atomic E-state index is 11.9. The van der Waals surface area contributed by atoms with Gasteiger partial charge < -0.3 is 25.0 Å². The van der Waals surface area contributed by atoms with Gasteiger partial charge in [-0.15, -0.1) is 0 Å². The number of nitrogens with one attached hydrogen (secondary N) is 2. The first-order valence-electron chi connectivity index (χ1n) is 9.64. The molecule has 27 heavy (non-hydrogen) atoms. The summed E-state index contributed by atoms with van der Waals surface area (Å²) < 4.78 is 11.4. The van der Waals surface area contributed by atoms with Crippen LogP contribution in [0, 0.1) is 0 Å². The molecule has 7 heteroatoms. The number of amides is 1. The highest BCUT2D eigenvalue weighted by Crippen LogP contribution is 2.18. The maximum absolute atomic E-state index is 11.9. The zero-order valence-corrected chi connectivity index (χ0v) is 16.7. The summed E-state index contributed by atoms with van der Waals surface area (Å²) in [4.78, 5) is 18.1. The molecule has 1 aliphatic rings. The SMILES string of the molecule is CCOc1ccccc1CN=C(NCC(=O)N(C)C)NCC1CCCCO1. The van der Waals surface area contributed by atoms with Gasteiger partial charge in [-0.2, -0.15) is 0 Å². The number of aliphatic imine (C=N–C) groups is 1. The molecule has 0 bridgehead atoms. The van der Waals surface area contributed by atoms with E-state index in [0.29, 0.717) is 25.7 Å². The van der Waals surface area contributed by atoms with Crippen LogP contribution in [-0.4, -0.2) is 63.3 Å². The number of carbonyl (C=O) groups is 1. The molecule has 0 aromatic heterocycles. The normalized spacial score (nSPS) is 17.3. The molecule has 2 rings (SSSR count). The first-order chi connectivity index (χ1) is 13.1. The minimum Gasteiger partial charge on any atom is -0.494 e. The molecule has 1 aliphatic heterocycles. The topological polar surface area (TPSA) is 75.2 Å². The van der Waals surface area contributed by atoms with E-state index < -0.39 is 0 Å². The highest BCUT2D eigenvalue weighted by Gasteiger charge is 2.15. The molecule has 1 saturated heterocycles. The lowest BCUT2D eigenvalue weighted by atomic mass is 10.1. The lowest BCUT2D eigenvalue weighted by Crippen LogP contribution is -2.45. The molecule has 1 amide bonds. The number of benzene rings is 1. The van der Waals surface area contributed by atoms with Crippen LogP contribution in [0.3, 0.4) is 0 Å². The van der Waals surface area contributed by atoms with Gasteiger partial charge >= 0.3 is 0 Å². The van der Waals surface area contributed by atoms with Crippen LogP contribution in [0.1, 0.15) is 31.7 Å². The van der Waals surface area contributed by atoms with Gasteiger partial charge in [-0.1, -0.05) is 18.2 Å². The molecular formula is C20H32N4O3. The third kappa shape index (κ3) is 7.46. The van der Waals surface area contributed by atoms with Crippen LogP contribution in [0.15, 0.2) is 29.3 Å². The summed E-state index contributed by atoms with van der Waals surface area (Å²) in [6.45, 7) is 4.72. The summed E-state index contributed by atoms with van der Waals surface area (Å²) in [5.41, 5.74) is 1.01. The molecule has 0 saturated carbocycles. The number of hydrogen-bond acceptors (Lipinski definition) is 4. The Morgan fingerprint density at radius 1 is 1.30 bits per heavy atom. The van der Waals surface area contributed by atoms with Gasteiger partial charge in [0.15, 0.2) is 5.96 Å². The second-order valence-corrected chi connectivity index (χ2v) is 6.72. The Bertz CT molecular complexity index is 613. The molecule has 1 aromatic rings. The fourth-order valence-electron chi connectivity index (χ4n) is 2.77. The number of nitrogens with zero attached hydrogens (tertiary/aromatic N) is 2. The standard InChI is InChI=1S/C20H32N4O3/c1-4-26-18-11-6-5-9-16(18)13-21-20(23-15-19(25)24(2)3)22-14-17-10-7-8-12-27-17/h5-6,9,11,17H,4,7-8,10,12-15H2,1-3H3,(H2,21,22,23). The Kier molecular flexibility index (Phi) is 8.91. The van der Waals surface area contributed by atoms with Crippen molar-refractivity contribution in [2.75, 3.05) is 40.4 Å². The largest absolute Gasteiger partial charge is 0.494 e. The van der Waals surface area contributed by atoms with E-state index in [-0.39, 0.29) is 18.6 Å². The smallest absolute Gasteiger partial charge is 0.241 e. The van der Waals surface area contributed by atoms with Crippen molar-refractivity contribution in [2.24, 2.45) is 4.99 Å². The van der Waals surface area contributed by atoms with Crippen LogP contribution in [0.4, 0.5) is 0 Å². The lowest BCUT2D eigenvalue weighted by molar-refractivity contribution is -0.127. The summed E-state index contributed by atoms with van der Waals surface area (Å²) in [5.74, 6) is 1.43. The van der Waals surface area contributed by atoms with Crippen LogP contribution < -0.4 is 15.4 Å². The number of likely N-dealkylation sites (N-methyl/N-ethyl adjacent to an activating group) is 1. The Balaban J connectivity index is 2.00. The Labute approximate surface area is 162 Å². The van der Waals surface area contributed by atoms with E-state index in [1.807, 2.05) is 31.2 Å². The quantitative estimate of drug-likeness (QED) is 0.534. The molecule has 150 valence electrons. The average Bonchev–Trinajstić information content (AvgIpc) is 2.69. The van der Waals surface area contributed by atoms with Crippen molar-refractivity contribution in [1.29, 1.82) is 0 Å². The summed E-state index contributed by atoms with van der Waals surface area (Å²) >= 11 is 0. The van der Waals surface area contributed by atoms with Gasteiger partial charge in [-0.05, 0) is 32.3 Å². The zero-order chi connectivity index (χ0) is 19.5. The molecule has 1 unspecified atom stereocenters. The molecule has 0 radical (unpaired) electrons. The molecule has 1 atom stereocenters. The van der Waals surface area contributed by atoms with E-state index >= 15 is 0 Å². The lowest BCUT2D eigenvalue weighted by Gasteiger charge is -2.24. The highest BCUT2D eigenvalue weighted by molar-refractivity contribution is 5.86. The van der Waals surface area contributed by atoms with E-state index in [1.54, 1.807) is 19.0 Å². The second-order valence-electron chi connectivity index (χ2n) is 6.72. The van der Waals surface area contributed by atoms with Crippen LogP contribution in [-0.2, 0) is 16.1 Å². The number of para-hydroxylation sites is 1. The number of hydrogen-bond donors (Lipinski definition) is 2. The van der Waals surface area contributed by atoms with Gasteiger partial charge in [0.25, 0.3) is 0 Å². The predicted octanol–water partition coefficient (Wildman–Crippen LogP) is 1.78. The number of guanidine groups is 1. The van der Waals surface area contributed by atoms with Crippen molar-refractivity contribution in [2.45, 2.75) is 38.8 Å². The molecule has 2 N–H and O–H groups in total. The van der Waals surface area contributed by atoms with Crippen molar-refractivity contribution in [3.63, 3.8) is 0 Å². The van der Waals surface area contributed by atoms with Gasteiger partial charge in [-0.3, -0.25) is 4.79 Å². The minimum absolute atomic E-state index is 0.00636. The zero-order valence-electron chi connectivity index (χ0n) is 16.7. The van der Waals surface area contributed by atoms with Crippen molar-refractivity contribution < 1.29 is 14.3 Å². The Morgan fingerprint density at radius 3 is 2.81 bits per heavy atom. The first kappa shape index (κ1) is 21.0. The van der Waals surface area contributed by atoms with Gasteiger partial charge in [0.05, 0.1) is 25.8 Å². The Hall–Kier alpha value is -2.28. The number of ether oxygens (including phenoxy) is 2. The summed E-state index contributed by atoms with van der Waals surface area (Å²) in [6.07, 6.45) is 3.55. The first-order valence-corrected chi connectivity index (χ1v) is 9.64. The van der Waals surface area contributed by atoms with Gasteiger partial charge in [-0.25, -0.2) is 4.99 Å². The summed E-state index contributed by atoms with van der Waals surface area (Å²) in [5, 5.41) is 6.42. The van der Waals surface area contributed by atoms with E-state index in [0.717, 1.165) is 30.8 Å². The van der Waals surface area contributed by atoms with E-state index in [2.05, 4.69) is 15.6 Å². The monoisotopic (exact) mass is 376 g/mol. The summed E-state index contributed by atoms with van der Waals surface area (Å²) in [6, 6.07) is 7.87. The minimum atomic E-state index is -0.00636. The van der Waals surface area contributed by atoms with Gasteiger partial charge in [0.1, 0.15) is 5.75 Å². The molecule has 7 nitrogen and oxygen atoms in total. The van der Waals surface area contributed by atoms with Crippen LogP contribution in [0.2, 0.25) is 0 Å². The fraction of sp³-hybridized carbons (Fsp3) is 0.600. The van der Waals surface area contributed by atoms with Crippen molar-refractivity contribution in [3.8, 4) is 5.75 Å². The molecule has 1 heterocycles. The third-order valence-electron chi connectivity index (χ3n) is 4.36. The van der Waals surface area contributed by atoms with Crippen molar-refractivity contribution in [3.05, 3.63) is 29.8 Å². The predicted molar refractivity (Wildman–Crippen MR) is 107 cm³/mol. The molecule has 0 aliphatic carbocycles. The van der Waals surface area contributed by atoms with Crippen molar-refractivity contribution in [1.82, 2.24) is 15.5 Å². The third-order valence-corrected chi connectivity index (χ3v) is 4.36. The number of rotatable bonds is 8. The van der Waals surface area contributed by atoms with Crippen LogP contribution in [0.25, 0.3) is 0 Å². The van der Waals surface area contributed by atoms with E-state index in [9.17, 15) is 4.79 Å². The maximum Gasteiger partial charge on any atom is 0.241 e. The van der Waals surface area contributed by atoms with E-state index in [4.69, 9.17) is 9.47 Å². The van der Waals surface area contributed by atoms with Crippen LogP contribution in [0.5, 0.6) is 5.75 Å². The summed E-state index contributed by atoms with van der Waals surface area (Å²) in [7, 11) is 3.48. The molecule has 1 fully saturated rings. The molecular weight excluding hydrogens is 344 g/mol. The Morgan fingerprint density at radius 2 is 2.11 bits per heavy atom. The molecule has 1 aromatic carbocycles. The van der Waals surface area contributed by atoms with Gasteiger partial charge in [0.2, 0.25) is 5.91 Å². The molecule has 0 spiro atoms. The number of carbonyl (C=O) groups excluding carboxylic acids is 1. The van der Waals surface area contributed by atoms with Gasteiger partial charge in [0, 0.05) is 32.8 Å². The second kappa shape index (κ2) is 11.4. The van der Waals surface area contributed by atoms with E-state index in [1.165, 1.54) is 6.42 Å². The fourth-order valence-corrected chi connectivity index (χ4v) is 2.77. The highest BCUT2D eigenvalue weighted by atomic mass is 16.5. The van der Waals surface area contributed by atoms with Crippen molar-refractivity contribution >= 4 is 11.9 Å². The van der Waals surface area contributed by atoms with Crippen LogP contribution >= 0.6 is 0 Å². The average molecular weight is 377 g/mol.